The van der Waals surface area contributed by atoms with Gasteiger partial charge in [0.05, 0.1) is 6.10 Å². The molecule has 1 N–H and O–H groups in total. The maximum atomic E-state index is 10.8. The standard InChI is InChI=1S/C15H20O2/c1-10-6-14(7-11(2)15(10)17)13-5-3-4-12(8-13)9-16/h3-4,6,8-9,11,13-15,17H,5,7H2,1-2H3. The third kappa shape index (κ3) is 2.58. The third-order valence-corrected chi connectivity index (χ3v) is 3.94. The van der Waals surface area contributed by atoms with E-state index < -0.39 is 0 Å². The molecule has 92 valence electrons. The summed E-state index contributed by atoms with van der Waals surface area (Å²) in [6.45, 7) is 4.09. The normalized spacial score (nSPS) is 37.4. The second kappa shape index (κ2) is 5.01. The number of hydrogen-bond donors (Lipinski definition) is 1. The lowest BCUT2D eigenvalue weighted by Gasteiger charge is -2.33. The van der Waals surface area contributed by atoms with Crippen LogP contribution in [0, 0.1) is 17.8 Å². The van der Waals surface area contributed by atoms with Gasteiger partial charge >= 0.3 is 0 Å². The first kappa shape index (κ1) is 12.3. The number of allylic oxidation sites excluding steroid dienone is 5. The zero-order valence-corrected chi connectivity index (χ0v) is 10.5. The van der Waals surface area contributed by atoms with E-state index in [9.17, 15) is 9.90 Å². The van der Waals surface area contributed by atoms with Crippen LogP contribution >= 0.6 is 0 Å². The van der Waals surface area contributed by atoms with Gasteiger partial charge in [0.25, 0.3) is 0 Å². The van der Waals surface area contributed by atoms with Crippen molar-refractivity contribution >= 4 is 6.29 Å². The number of aliphatic hydroxyl groups is 1. The molecule has 0 fully saturated rings. The Morgan fingerprint density at radius 1 is 1.35 bits per heavy atom. The van der Waals surface area contributed by atoms with Gasteiger partial charge < -0.3 is 5.11 Å². The topological polar surface area (TPSA) is 37.3 Å². The van der Waals surface area contributed by atoms with Crippen molar-refractivity contribution in [1.29, 1.82) is 0 Å². The number of carbonyl (C=O) groups excluding carboxylic acids is 1. The molecule has 4 unspecified atom stereocenters. The zero-order valence-electron chi connectivity index (χ0n) is 10.5. The first-order valence-corrected chi connectivity index (χ1v) is 6.31. The van der Waals surface area contributed by atoms with Gasteiger partial charge in [0.15, 0.2) is 0 Å². The first-order valence-electron chi connectivity index (χ1n) is 6.31. The van der Waals surface area contributed by atoms with Gasteiger partial charge in [0.1, 0.15) is 6.29 Å². The lowest BCUT2D eigenvalue weighted by atomic mass is 9.73. The highest BCUT2D eigenvalue weighted by Crippen LogP contribution is 2.36. The van der Waals surface area contributed by atoms with Gasteiger partial charge in [-0.25, -0.2) is 0 Å². The Kier molecular flexibility index (Phi) is 3.63. The predicted molar refractivity (Wildman–Crippen MR) is 68.4 cm³/mol. The average Bonchev–Trinajstić information content (AvgIpc) is 2.35. The second-order valence-corrected chi connectivity index (χ2v) is 5.32. The van der Waals surface area contributed by atoms with Gasteiger partial charge in [0, 0.05) is 5.57 Å². The van der Waals surface area contributed by atoms with Crippen LogP contribution < -0.4 is 0 Å². The number of carbonyl (C=O) groups is 1. The van der Waals surface area contributed by atoms with Crippen molar-refractivity contribution in [2.24, 2.45) is 17.8 Å². The molecule has 0 radical (unpaired) electrons. The quantitative estimate of drug-likeness (QED) is 0.587. The monoisotopic (exact) mass is 232 g/mol. The second-order valence-electron chi connectivity index (χ2n) is 5.32. The summed E-state index contributed by atoms with van der Waals surface area (Å²) in [5.41, 5.74) is 1.86. The Balaban J connectivity index is 2.16. The first-order chi connectivity index (χ1) is 8.11. The number of aliphatic hydroxyl groups excluding tert-OH is 1. The van der Waals surface area contributed by atoms with Crippen molar-refractivity contribution < 1.29 is 9.90 Å². The highest BCUT2D eigenvalue weighted by molar-refractivity contribution is 5.77. The molecular formula is C15H20O2. The van der Waals surface area contributed by atoms with Crippen LogP contribution in [0.25, 0.3) is 0 Å². The molecule has 4 atom stereocenters. The van der Waals surface area contributed by atoms with Gasteiger partial charge in [-0.3, -0.25) is 4.79 Å². The number of rotatable bonds is 2. The molecule has 0 amide bonds. The summed E-state index contributed by atoms with van der Waals surface area (Å²) in [7, 11) is 0. The maximum Gasteiger partial charge on any atom is 0.149 e. The van der Waals surface area contributed by atoms with Crippen LogP contribution in [-0.2, 0) is 4.79 Å². The fourth-order valence-corrected chi connectivity index (χ4v) is 2.92. The van der Waals surface area contributed by atoms with E-state index in [1.54, 1.807) is 0 Å². The van der Waals surface area contributed by atoms with E-state index in [0.29, 0.717) is 17.8 Å². The van der Waals surface area contributed by atoms with Crippen LogP contribution in [0.3, 0.4) is 0 Å². The fraction of sp³-hybridized carbons (Fsp3) is 0.533. The van der Waals surface area contributed by atoms with Crippen LogP contribution in [0.15, 0.2) is 35.5 Å². The SMILES string of the molecule is CC1=CC(C2C=C(C=O)C=CC2)CC(C)C1O. The Labute approximate surface area is 103 Å². The Morgan fingerprint density at radius 3 is 2.76 bits per heavy atom. The minimum atomic E-state index is -0.292. The lowest BCUT2D eigenvalue weighted by Crippen LogP contribution is -2.29. The van der Waals surface area contributed by atoms with Crippen LogP contribution in [0.4, 0.5) is 0 Å². The van der Waals surface area contributed by atoms with E-state index in [2.05, 4.69) is 25.2 Å². The Hall–Kier alpha value is -1.15. The van der Waals surface area contributed by atoms with Gasteiger partial charge in [-0.2, -0.15) is 0 Å². The predicted octanol–water partition coefficient (Wildman–Crippen LogP) is 2.65. The summed E-state index contributed by atoms with van der Waals surface area (Å²) in [6.07, 6.45) is 10.8. The number of hydrogen-bond acceptors (Lipinski definition) is 2. The molecule has 2 nitrogen and oxygen atoms in total. The van der Waals surface area contributed by atoms with Crippen molar-refractivity contribution in [3.8, 4) is 0 Å². The summed E-state index contributed by atoms with van der Waals surface area (Å²) in [5, 5.41) is 9.91. The van der Waals surface area contributed by atoms with E-state index in [0.717, 1.165) is 30.3 Å². The largest absolute Gasteiger partial charge is 0.388 e. The van der Waals surface area contributed by atoms with Crippen LogP contribution in [0.2, 0.25) is 0 Å². The van der Waals surface area contributed by atoms with Crippen molar-refractivity contribution in [2.45, 2.75) is 32.8 Å². The molecule has 0 aromatic heterocycles. The van der Waals surface area contributed by atoms with Crippen molar-refractivity contribution in [2.75, 3.05) is 0 Å². The minimum absolute atomic E-state index is 0.292. The summed E-state index contributed by atoms with van der Waals surface area (Å²) in [4.78, 5) is 10.8. The van der Waals surface area contributed by atoms with Crippen molar-refractivity contribution in [3.05, 3.63) is 35.5 Å². The third-order valence-electron chi connectivity index (χ3n) is 3.94. The Bertz CT molecular complexity index is 390. The maximum absolute atomic E-state index is 10.8. The molecule has 0 spiro atoms. The zero-order chi connectivity index (χ0) is 12.4. The summed E-state index contributed by atoms with van der Waals surface area (Å²) in [5.74, 6) is 1.17. The Morgan fingerprint density at radius 2 is 2.12 bits per heavy atom. The molecule has 0 aromatic rings. The van der Waals surface area contributed by atoms with Crippen LogP contribution in [-0.4, -0.2) is 17.5 Å². The molecule has 2 aliphatic rings. The molecule has 0 saturated heterocycles. The van der Waals surface area contributed by atoms with Crippen molar-refractivity contribution in [1.82, 2.24) is 0 Å². The molecule has 0 saturated carbocycles. The van der Waals surface area contributed by atoms with Crippen LogP contribution in [0.1, 0.15) is 26.7 Å². The highest BCUT2D eigenvalue weighted by Gasteiger charge is 2.29. The van der Waals surface area contributed by atoms with E-state index in [1.807, 2.05) is 13.0 Å². The molecule has 0 aliphatic heterocycles. The fourth-order valence-electron chi connectivity index (χ4n) is 2.92. The van der Waals surface area contributed by atoms with Gasteiger partial charge in [-0.1, -0.05) is 31.2 Å². The van der Waals surface area contributed by atoms with E-state index in [4.69, 9.17) is 0 Å². The van der Waals surface area contributed by atoms with Crippen molar-refractivity contribution in [3.63, 3.8) is 0 Å². The summed E-state index contributed by atoms with van der Waals surface area (Å²) in [6, 6.07) is 0. The average molecular weight is 232 g/mol. The van der Waals surface area contributed by atoms with E-state index >= 15 is 0 Å². The smallest absolute Gasteiger partial charge is 0.149 e. The molecule has 2 heteroatoms. The van der Waals surface area contributed by atoms with Crippen LogP contribution in [0.5, 0.6) is 0 Å². The molecule has 0 heterocycles. The number of aldehydes is 1. The summed E-state index contributed by atoms with van der Waals surface area (Å²) >= 11 is 0. The molecule has 0 aromatic carbocycles. The molecule has 17 heavy (non-hydrogen) atoms. The lowest BCUT2D eigenvalue weighted by molar-refractivity contribution is -0.104. The van der Waals surface area contributed by atoms with E-state index in [-0.39, 0.29) is 6.10 Å². The molecule has 0 bridgehead atoms. The minimum Gasteiger partial charge on any atom is -0.388 e. The highest BCUT2D eigenvalue weighted by atomic mass is 16.3. The molecule has 2 aliphatic carbocycles. The van der Waals surface area contributed by atoms with Gasteiger partial charge in [0.2, 0.25) is 0 Å². The molecule has 2 rings (SSSR count). The van der Waals surface area contributed by atoms with Gasteiger partial charge in [-0.05, 0) is 43.1 Å². The van der Waals surface area contributed by atoms with E-state index in [1.165, 1.54) is 0 Å². The molecular weight excluding hydrogens is 212 g/mol. The summed E-state index contributed by atoms with van der Waals surface area (Å²) < 4.78 is 0. The van der Waals surface area contributed by atoms with Gasteiger partial charge in [-0.15, -0.1) is 0 Å².